The lowest BCUT2D eigenvalue weighted by Crippen LogP contribution is -2.41. The quantitative estimate of drug-likeness (QED) is 0.785. The fourth-order valence-electron chi connectivity index (χ4n) is 4.43. The third kappa shape index (κ3) is 2.65. The van der Waals surface area contributed by atoms with E-state index in [1.165, 1.54) is 62.9 Å². The van der Waals surface area contributed by atoms with Crippen LogP contribution in [0.15, 0.2) is 12.1 Å². The van der Waals surface area contributed by atoms with Crippen LogP contribution in [0.3, 0.4) is 0 Å². The highest BCUT2D eigenvalue weighted by Crippen LogP contribution is 2.42. The Morgan fingerprint density at radius 3 is 2.85 bits per heavy atom. The number of likely N-dealkylation sites (tertiary alicyclic amines) is 1. The number of fused-ring (bicyclic) bond motifs is 3. The van der Waals surface area contributed by atoms with Crippen molar-refractivity contribution in [3.63, 3.8) is 0 Å². The Kier molecular flexibility index (Phi) is 4.16. The van der Waals surface area contributed by atoms with Crippen LogP contribution in [0.4, 0.5) is 0 Å². The van der Waals surface area contributed by atoms with E-state index in [0.717, 1.165) is 11.8 Å². The van der Waals surface area contributed by atoms with Gasteiger partial charge in [0.25, 0.3) is 0 Å². The van der Waals surface area contributed by atoms with Crippen LogP contribution in [0.25, 0.3) is 0 Å². The van der Waals surface area contributed by atoms with E-state index in [0.29, 0.717) is 0 Å². The van der Waals surface area contributed by atoms with Crippen LogP contribution in [-0.4, -0.2) is 24.5 Å². The first-order valence-corrected chi connectivity index (χ1v) is 8.51. The summed E-state index contributed by atoms with van der Waals surface area (Å²) in [6, 6.07) is 4.86. The molecule has 0 saturated carbocycles. The van der Waals surface area contributed by atoms with Crippen LogP contribution >= 0.6 is 0 Å². The van der Waals surface area contributed by atoms with Gasteiger partial charge in [-0.05, 0) is 81.1 Å². The molecule has 1 heterocycles. The summed E-state index contributed by atoms with van der Waals surface area (Å²) in [6.07, 6.45) is 6.79. The molecule has 0 amide bonds. The molecular weight excluding hydrogens is 242 g/mol. The standard InChI is InChI=1S/C19H29N/c1-4-5-9-20-10-8-18-16(13-20)6-7-17-15(3)11-14(2)12-19(17)18/h11-12,16,18H,4-10,13H2,1-3H3. The molecule has 0 radical (unpaired) electrons. The summed E-state index contributed by atoms with van der Waals surface area (Å²) in [6.45, 7) is 10.8. The highest BCUT2D eigenvalue weighted by molar-refractivity contribution is 5.42. The van der Waals surface area contributed by atoms with Crippen molar-refractivity contribution >= 4 is 0 Å². The number of nitrogens with zero attached hydrogens (tertiary/aromatic N) is 1. The Bertz CT molecular complexity index is 477. The molecule has 1 fully saturated rings. The van der Waals surface area contributed by atoms with Crippen LogP contribution in [0.5, 0.6) is 0 Å². The summed E-state index contributed by atoms with van der Waals surface area (Å²) in [7, 11) is 0. The van der Waals surface area contributed by atoms with Gasteiger partial charge in [0.1, 0.15) is 0 Å². The zero-order valence-electron chi connectivity index (χ0n) is 13.4. The molecule has 2 aliphatic rings. The van der Waals surface area contributed by atoms with Gasteiger partial charge in [-0.3, -0.25) is 0 Å². The molecule has 0 bridgehead atoms. The van der Waals surface area contributed by atoms with Crippen molar-refractivity contribution in [1.29, 1.82) is 0 Å². The molecule has 0 aromatic heterocycles. The third-order valence-corrected chi connectivity index (χ3v) is 5.46. The molecule has 2 atom stereocenters. The molecule has 1 aromatic rings. The number of unbranched alkanes of at least 4 members (excludes halogenated alkanes) is 1. The monoisotopic (exact) mass is 271 g/mol. The number of aryl methyl sites for hydroxylation is 2. The summed E-state index contributed by atoms with van der Waals surface area (Å²) < 4.78 is 0. The maximum absolute atomic E-state index is 2.72. The van der Waals surface area contributed by atoms with E-state index < -0.39 is 0 Å². The van der Waals surface area contributed by atoms with Gasteiger partial charge in [-0.1, -0.05) is 31.0 Å². The lowest BCUT2D eigenvalue weighted by molar-refractivity contribution is 0.139. The molecule has 0 spiro atoms. The Balaban J connectivity index is 1.78. The molecule has 1 saturated heterocycles. The fraction of sp³-hybridized carbons (Fsp3) is 0.684. The Morgan fingerprint density at radius 1 is 1.20 bits per heavy atom. The Hall–Kier alpha value is -0.820. The van der Waals surface area contributed by atoms with E-state index >= 15 is 0 Å². The van der Waals surface area contributed by atoms with Crippen molar-refractivity contribution in [2.45, 2.75) is 58.8 Å². The van der Waals surface area contributed by atoms with Crippen LogP contribution in [-0.2, 0) is 6.42 Å². The van der Waals surface area contributed by atoms with E-state index in [-0.39, 0.29) is 0 Å². The molecule has 2 unspecified atom stereocenters. The second-order valence-electron chi connectivity index (χ2n) is 7.00. The van der Waals surface area contributed by atoms with E-state index in [4.69, 9.17) is 0 Å². The Labute approximate surface area is 124 Å². The molecular formula is C19H29N. The van der Waals surface area contributed by atoms with Gasteiger partial charge < -0.3 is 4.90 Å². The predicted octanol–water partition coefficient (Wildman–Crippen LogP) is 4.46. The summed E-state index contributed by atoms with van der Waals surface area (Å²) in [4.78, 5) is 2.72. The van der Waals surface area contributed by atoms with Crippen molar-refractivity contribution in [2.24, 2.45) is 5.92 Å². The fourth-order valence-corrected chi connectivity index (χ4v) is 4.43. The van der Waals surface area contributed by atoms with Gasteiger partial charge in [-0.25, -0.2) is 0 Å². The zero-order valence-corrected chi connectivity index (χ0v) is 13.4. The first-order chi connectivity index (χ1) is 9.69. The molecule has 1 aliphatic carbocycles. The number of rotatable bonds is 3. The minimum atomic E-state index is 0.843. The second-order valence-corrected chi connectivity index (χ2v) is 7.00. The molecule has 3 rings (SSSR count). The molecule has 110 valence electrons. The number of hydrogen-bond acceptors (Lipinski definition) is 1. The molecule has 1 aromatic carbocycles. The molecule has 1 nitrogen and oxygen atoms in total. The molecule has 1 aliphatic heterocycles. The smallest absolute Gasteiger partial charge is 0.00156 e. The number of benzene rings is 1. The van der Waals surface area contributed by atoms with E-state index in [1.807, 2.05) is 0 Å². The van der Waals surface area contributed by atoms with Crippen LogP contribution in [0.1, 0.15) is 60.8 Å². The minimum absolute atomic E-state index is 0.843. The van der Waals surface area contributed by atoms with Crippen LogP contribution in [0.2, 0.25) is 0 Å². The summed E-state index contributed by atoms with van der Waals surface area (Å²) in [5, 5.41) is 0. The maximum Gasteiger partial charge on any atom is 0.00156 e. The normalized spacial score (nSPS) is 26.1. The topological polar surface area (TPSA) is 3.24 Å². The zero-order chi connectivity index (χ0) is 14.1. The minimum Gasteiger partial charge on any atom is -0.303 e. The highest BCUT2D eigenvalue weighted by Gasteiger charge is 2.34. The largest absolute Gasteiger partial charge is 0.303 e. The van der Waals surface area contributed by atoms with Gasteiger partial charge in [0.2, 0.25) is 0 Å². The highest BCUT2D eigenvalue weighted by atomic mass is 15.1. The predicted molar refractivity (Wildman–Crippen MR) is 86.4 cm³/mol. The van der Waals surface area contributed by atoms with Gasteiger partial charge in [-0.2, -0.15) is 0 Å². The molecule has 20 heavy (non-hydrogen) atoms. The molecule has 0 N–H and O–H groups in total. The van der Waals surface area contributed by atoms with Crippen molar-refractivity contribution in [1.82, 2.24) is 4.90 Å². The first-order valence-electron chi connectivity index (χ1n) is 8.51. The van der Waals surface area contributed by atoms with Gasteiger partial charge in [0.05, 0.1) is 0 Å². The summed E-state index contributed by atoms with van der Waals surface area (Å²) in [5.41, 5.74) is 6.37. The maximum atomic E-state index is 2.72. The van der Waals surface area contributed by atoms with Crippen LogP contribution in [0, 0.1) is 19.8 Å². The van der Waals surface area contributed by atoms with Gasteiger partial charge in [0.15, 0.2) is 0 Å². The van der Waals surface area contributed by atoms with Crippen molar-refractivity contribution in [3.05, 3.63) is 34.4 Å². The van der Waals surface area contributed by atoms with Crippen molar-refractivity contribution < 1.29 is 0 Å². The van der Waals surface area contributed by atoms with E-state index in [9.17, 15) is 0 Å². The van der Waals surface area contributed by atoms with Crippen molar-refractivity contribution in [2.75, 3.05) is 19.6 Å². The van der Waals surface area contributed by atoms with E-state index in [2.05, 4.69) is 37.8 Å². The SMILES string of the molecule is CCCCN1CCC2c3cc(C)cc(C)c3CCC2C1. The summed E-state index contributed by atoms with van der Waals surface area (Å²) >= 11 is 0. The molecule has 1 heteroatoms. The summed E-state index contributed by atoms with van der Waals surface area (Å²) in [5.74, 6) is 1.75. The van der Waals surface area contributed by atoms with Gasteiger partial charge in [0, 0.05) is 6.54 Å². The number of piperidine rings is 1. The average Bonchev–Trinajstić information content (AvgIpc) is 2.44. The van der Waals surface area contributed by atoms with Crippen LogP contribution < -0.4 is 0 Å². The number of hydrogen-bond donors (Lipinski definition) is 0. The van der Waals surface area contributed by atoms with E-state index in [1.54, 1.807) is 11.1 Å². The second kappa shape index (κ2) is 5.89. The van der Waals surface area contributed by atoms with Crippen molar-refractivity contribution in [3.8, 4) is 0 Å². The van der Waals surface area contributed by atoms with Gasteiger partial charge in [-0.15, -0.1) is 0 Å². The van der Waals surface area contributed by atoms with Gasteiger partial charge >= 0.3 is 0 Å². The average molecular weight is 271 g/mol. The Morgan fingerprint density at radius 2 is 2.05 bits per heavy atom. The third-order valence-electron chi connectivity index (χ3n) is 5.46. The first kappa shape index (κ1) is 14.1. The lowest BCUT2D eigenvalue weighted by atomic mass is 9.70. The lowest BCUT2D eigenvalue weighted by Gasteiger charge is -2.43.